The number of para-hydroxylation sites is 1. The summed E-state index contributed by atoms with van der Waals surface area (Å²) in [7, 11) is 0. The maximum Gasteiger partial charge on any atom is 0.241 e. The number of fused-ring (bicyclic) bond motifs is 1. The summed E-state index contributed by atoms with van der Waals surface area (Å²) in [6.45, 7) is 2.63. The highest BCUT2D eigenvalue weighted by Gasteiger charge is 2.35. The molecule has 2 saturated heterocycles. The predicted molar refractivity (Wildman–Crippen MR) is 116 cm³/mol. The number of hydrogen-bond acceptors (Lipinski definition) is 3. The third-order valence-electron chi connectivity index (χ3n) is 6.23. The topological polar surface area (TPSA) is 57.4 Å². The lowest BCUT2D eigenvalue weighted by Gasteiger charge is -2.34. The van der Waals surface area contributed by atoms with Crippen LogP contribution in [0, 0.1) is 0 Å². The van der Waals surface area contributed by atoms with E-state index in [1.807, 2.05) is 24.3 Å². The Balaban J connectivity index is 1.32. The number of ether oxygens (including phenoxy) is 1. The average Bonchev–Trinajstić information content (AvgIpc) is 3.42. The maximum atomic E-state index is 13.1. The number of aromatic amines is 1. The van der Waals surface area contributed by atoms with Crippen molar-refractivity contribution in [3.63, 3.8) is 0 Å². The summed E-state index contributed by atoms with van der Waals surface area (Å²) in [5.41, 5.74) is 4.11. The van der Waals surface area contributed by atoms with Crippen molar-refractivity contribution in [1.29, 1.82) is 0 Å². The first-order valence-corrected chi connectivity index (χ1v) is 10.6. The van der Waals surface area contributed by atoms with Gasteiger partial charge < -0.3 is 15.0 Å². The minimum atomic E-state index is -0.0326. The molecule has 150 valence electrons. The molecule has 1 atom stereocenters. The maximum absolute atomic E-state index is 13.1. The molecule has 2 aromatic carbocycles. The Labute approximate surface area is 171 Å². The Morgan fingerprint density at radius 1 is 1.03 bits per heavy atom. The largest absolute Gasteiger partial charge is 0.381 e. The molecular weight excluding hydrogens is 362 g/mol. The van der Waals surface area contributed by atoms with E-state index in [4.69, 9.17) is 4.74 Å². The Morgan fingerprint density at radius 2 is 1.90 bits per heavy atom. The highest BCUT2D eigenvalue weighted by atomic mass is 16.5. The molecule has 0 aliphatic carbocycles. The molecule has 2 N–H and O–H groups in total. The second-order valence-electron chi connectivity index (χ2n) is 8.08. The van der Waals surface area contributed by atoms with Crippen LogP contribution < -0.4 is 5.32 Å². The van der Waals surface area contributed by atoms with E-state index in [2.05, 4.69) is 45.5 Å². The van der Waals surface area contributed by atoms with Crippen LogP contribution >= 0.6 is 0 Å². The van der Waals surface area contributed by atoms with Gasteiger partial charge in [0.15, 0.2) is 0 Å². The molecule has 29 heavy (non-hydrogen) atoms. The Bertz CT molecular complexity index is 973. The van der Waals surface area contributed by atoms with Gasteiger partial charge in [-0.1, -0.05) is 30.3 Å². The molecule has 0 spiro atoms. The van der Waals surface area contributed by atoms with Gasteiger partial charge in [0, 0.05) is 47.1 Å². The number of nitrogens with one attached hydrogen (secondary N) is 2. The second kappa shape index (κ2) is 8.01. The molecule has 2 aliphatic rings. The van der Waals surface area contributed by atoms with Crippen LogP contribution in [0.3, 0.4) is 0 Å². The minimum absolute atomic E-state index is 0.0326. The molecule has 1 amide bonds. The zero-order valence-corrected chi connectivity index (χ0v) is 16.6. The van der Waals surface area contributed by atoms with Crippen LogP contribution in [0.4, 0.5) is 5.69 Å². The predicted octanol–water partition coefficient (Wildman–Crippen LogP) is 4.42. The zero-order valence-electron chi connectivity index (χ0n) is 16.6. The van der Waals surface area contributed by atoms with E-state index in [1.165, 1.54) is 5.39 Å². The van der Waals surface area contributed by atoms with E-state index >= 15 is 0 Å². The number of likely N-dealkylation sites (tertiary alicyclic amines) is 1. The molecule has 0 radical (unpaired) electrons. The summed E-state index contributed by atoms with van der Waals surface area (Å²) < 4.78 is 5.50. The van der Waals surface area contributed by atoms with Gasteiger partial charge in [0.25, 0.3) is 0 Å². The number of carbonyl (C=O) groups excluding carboxylic acids is 1. The number of anilines is 1. The van der Waals surface area contributed by atoms with Gasteiger partial charge in [-0.2, -0.15) is 0 Å². The van der Waals surface area contributed by atoms with Crippen LogP contribution in [0.1, 0.15) is 25.7 Å². The summed E-state index contributed by atoms with van der Waals surface area (Å²) in [6.07, 6.45) is 4.08. The highest BCUT2D eigenvalue weighted by Crippen LogP contribution is 2.28. The van der Waals surface area contributed by atoms with Crippen LogP contribution in [0.2, 0.25) is 0 Å². The second-order valence-corrected chi connectivity index (χ2v) is 8.08. The fourth-order valence-corrected chi connectivity index (χ4v) is 4.74. The molecule has 3 aromatic rings. The van der Waals surface area contributed by atoms with E-state index < -0.39 is 0 Å². The minimum Gasteiger partial charge on any atom is -0.381 e. The number of rotatable bonds is 4. The van der Waals surface area contributed by atoms with Crippen molar-refractivity contribution in [2.75, 3.05) is 25.1 Å². The molecule has 3 heterocycles. The van der Waals surface area contributed by atoms with Crippen LogP contribution in [-0.4, -0.2) is 47.6 Å². The van der Waals surface area contributed by atoms with Crippen LogP contribution in [-0.2, 0) is 9.53 Å². The van der Waals surface area contributed by atoms with Gasteiger partial charge in [0.05, 0.1) is 6.04 Å². The van der Waals surface area contributed by atoms with Gasteiger partial charge in [-0.05, 0) is 56.5 Å². The molecular formula is C24H27N3O2. The molecule has 5 heteroatoms. The van der Waals surface area contributed by atoms with Crippen molar-refractivity contribution in [3.8, 4) is 11.3 Å². The summed E-state index contributed by atoms with van der Waals surface area (Å²) in [5.74, 6) is 0.114. The highest BCUT2D eigenvalue weighted by molar-refractivity contribution is 5.96. The SMILES string of the molecule is O=C(Nc1cccc(-c2cc3ccccc3[nH]2)c1)[C@@H]1CCCN1C1CCOCC1. The van der Waals surface area contributed by atoms with Crippen LogP contribution in [0.5, 0.6) is 0 Å². The lowest BCUT2D eigenvalue weighted by Crippen LogP contribution is -2.47. The molecule has 0 unspecified atom stereocenters. The lowest BCUT2D eigenvalue weighted by molar-refractivity contribution is -0.121. The van der Waals surface area contributed by atoms with E-state index in [0.29, 0.717) is 6.04 Å². The summed E-state index contributed by atoms with van der Waals surface area (Å²) >= 11 is 0. The summed E-state index contributed by atoms with van der Waals surface area (Å²) in [6, 6.07) is 18.9. The number of benzene rings is 2. The number of H-pyrrole nitrogens is 1. The fraction of sp³-hybridized carbons (Fsp3) is 0.375. The molecule has 0 bridgehead atoms. The zero-order chi connectivity index (χ0) is 19.6. The van der Waals surface area contributed by atoms with Crippen LogP contribution in [0.25, 0.3) is 22.2 Å². The van der Waals surface area contributed by atoms with Crippen molar-refractivity contribution in [2.24, 2.45) is 0 Å². The Hall–Kier alpha value is -2.63. The van der Waals surface area contributed by atoms with Gasteiger partial charge in [0.2, 0.25) is 5.91 Å². The number of aromatic nitrogens is 1. The van der Waals surface area contributed by atoms with Crippen molar-refractivity contribution in [2.45, 2.75) is 37.8 Å². The number of amides is 1. The normalized spacial score (nSPS) is 20.9. The molecule has 0 saturated carbocycles. The molecule has 2 fully saturated rings. The van der Waals surface area contributed by atoms with Crippen LogP contribution in [0.15, 0.2) is 54.6 Å². The number of nitrogens with zero attached hydrogens (tertiary/aromatic N) is 1. The first-order valence-electron chi connectivity index (χ1n) is 10.6. The Morgan fingerprint density at radius 3 is 2.76 bits per heavy atom. The smallest absolute Gasteiger partial charge is 0.241 e. The third-order valence-corrected chi connectivity index (χ3v) is 6.23. The first-order chi connectivity index (χ1) is 14.3. The van der Waals surface area contributed by atoms with E-state index in [0.717, 1.165) is 67.9 Å². The molecule has 1 aromatic heterocycles. The van der Waals surface area contributed by atoms with Crippen molar-refractivity contribution < 1.29 is 9.53 Å². The first kappa shape index (κ1) is 18.4. The summed E-state index contributed by atoms with van der Waals surface area (Å²) in [4.78, 5) is 18.9. The Kier molecular flexibility index (Phi) is 5.08. The lowest BCUT2D eigenvalue weighted by atomic mass is 10.1. The third kappa shape index (κ3) is 3.80. The van der Waals surface area contributed by atoms with Gasteiger partial charge in [-0.3, -0.25) is 9.69 Å². The van der Waals surface area contributed by atoms with E-state index in [9.17, 15) is 4.79 Å². The standard InChI is InChI=1S/C24H27N3O2/c28-24(23-9-4-12-27(23)20-10-13-29-14-11-20)25-19-7-3-6-17(15-19)22-16-18-5-1-2-8-21(18)26-22/h1-3,5-8,15-16,20,23,26H,4,9-14H2,(H,25,28)/t23-/m0/s1. The average molecular weight is 389 g/mol. The van der Waals surface area contributed by atoms with Gasteiger partial charge in [-0.25, -0.2) is 0 Å². The van der Waals surface area contributed by atoms with Crippen molar-refractivity contribution in [3.05, 3.63) is 54.6 Å². The van der Waals surface area contributed by atoms with E-state index in [-0.39, 0.29) is 11.9 Å². The van der Waals surface area contributed by atoms with Crippen molar-refractivity contribution in [1.82, 2.24) is 9.88 Å². The molecule has 2 aliphatic heterocycles. The van der Waals surface area contributed by atoms with E-state index in [1.54, 1.807) is 0 Å². The van der Waals surface area contributed by atoms with Gasteiger partial charge in [-0.15, -0.1) is 0 Å². The van der Waals surface area contributed by atoms with Gasteiger partial charge in [0.1, 0.15) is 0 Å². The van der Waals surface area contributed by atoms with Gasteiger partial charge >= 0.3 is 0 Å². The fourth-order valence-electron chi connectivity index (χ4n) is 4.74. The number of hydrogen-bond donors (Lipinski definition) is 2. The number of carbonyl (C=O) groups is 1. The monoisotopic (exact) mass is 389 g/mol. The summed E-state index contributed by atoms with van der Waals surface area (Å²) in [5, 5.41) is 4.36. The van der Waals surface area contributed by atoms with Crippen molar-refractivity contribution >= 4 is 22.5 Å². The quantitative estimate of drug-likeness (QED) is 0.695. The molecule has 5 rings (SSSR count). The molecule has 5 nitrogen and oxygen atoms in total.